The summed E-state index contributed by atoms with van der Waals surface area (Å²) in [4.78, 5) is 0. The van der Waals surface area contributed by atoms with E-state index in [0.29, 0.717) is 6.04 Å². The maximum Gasteiger partial charge on any atom is 0.0629 e. The summed E-state index contributed by atoms with van der Waals surface area (Å²) in [6.45, 7) is 4.49. The van der Waals surface area contributed by atoms with Gasteiger partial charge in [0, 0.05) is 19.0 Å². The summed E-state index contributed by atoms with van der Waals surface area (Å²) >= 11 is 0. The van der Waals surface area contributed by atoms with E-state index in [9.17, 15) is 0 Å². The van der Waals surface area contributed by atoms with Gasteiger partial charge in [0.1, 0.15) is 0 Å². The highest BCUT2D eigenvalue weighted by Crippen LogP contribution is 1.95. The molecule has 1 heterocycles. The quantitative estimate of drug-likeness (QED) is 0.530. The van der Waals surface area contributed by atoms with Crippen molar-refractivity contribution in [1.82, 2.24) is 5.32 Å². The van der Waals surface area contributed by atoms with Crippen LogP contribution in [-0.4, -0.2) is 25.8 Å². The van der Waals surface area contributed by atoms with Gasteiger partial charge in [-0.05, 0) is 6.92 Å². The Morgan fingerprint density at radius 2 is 2.60 bits per heavy atom. The van der Waals surface area contributed by atoms with E-state index in [-0.39, 0.29) is 0 Å². The van der Waals surface area contributed by atoms with Crippen molar-refractivity contribution in [1.29, 1.82) is 0 Å². The lowest BCUT2D eigenvalue weighted by Gasteiger charge is -2.21. The highest BCUT2D eigenvalue weighted by molar-refractivity contribution is 4.98. The monoisotopic (exact) mass is 139 g/mol. The van der Waals surface area contributed by atoms with Crippen molar-refractivity contribution >= 4 is 0 Å². The van der Waals surface area contributed by atoms with Crippen molar-refractivity contribution in [3.63, 3.8) is 0 Å². The lowest BCUT2D eigenvalue weighted by Crippen LogP contribution is -2.40. The summed E-state index contributed by atoms with van der Waals surface area (Å²) in [5.41, 5.74) is 0. The molecule has 1 aliphatic heterocycles. The molecule has 1 aliphatic rings. The Morgan fingerprint density at radius 3 is 3.20 bits per heavy atom. The van der Waals surface area contributed by atoms with Crippen LogP contribution in [0.4, 0.5) is 0 Å². The molecular formula is C8H13NO. The zero-order valence-corrected chi connectivity index (χ0v) is 6.31. The summed E-state index contributed by atoms with van der Waals surface area (Å²) in [7, 11) is 0. The maximum absolute atomic E-state index is 5.25. The average molecular weight is 139 g/mol. The second-order valence-corrected chi connectivity index (χ2v) is 2.36. The Labute approximate surface area is 62.0 Å². The number of rotatable bonds is 1. The van der Waals surface area contributed by atoms with E-state index in [1.54, 1.807) is 0 Å². The lowest BCUT2D eigenvalue weighted by molar-refractivity contribution is 0.0784. The van der Waals surface area contributed by atoms with Gasteiger partial charge in [0.05, 0.1) is 13.2 Å². The van der Waals surface area contributed by atoms with Gasteiger partial charge in [-0.3, -0.25) is 0 Å². The largest absolute Gasteiger partial charge is 0.378 e. The highest BCUT2D eigenvalue weighted by Gasteiger charge is 2.10. The number of hydrogen-bond donors (Lipinski definition) is 1. The van der Waals surface area contributed by atoms with Crippen molar-refractivity contribution in [3.8, 4) is 11.8 Å². The third-order valence-electron chi connectivity index (χ3n) is 1.52. The van der Waals surface area contributed by atoms with Crippen LogP contribution in [0.5, 0.6) is 0 Å². The van der Waals surface area contributed by atoms with E-state index in [1.807, 2.05) is 6.92 Å². The molecule has 2 heteroatoms. The Bertz CT molecular complexity index is 139. The molecule has 1 atom stereocenters. The molecule has 56 valence electrons. The molecule has 0 radical (unpaired) electrons. The first-order valence-electron chi connectivity index (χ1n) is 3.64. The average Bonchev–Trinajstić information content (AvgIpc) is 2.03. The Balaban J connectivity index is 2.17. The zero-order valence-electron chi connectivity index (χ0n) is 6.31. The highest BCUT2D eigenvalue weighted by atomic mass is 16.5. The van der Waals surface area contributed by atoms with Gasteiger partial charge in [0.2, 0.25) is 0 Å². The van der Waals surface area contributed by atoms with Gasteiger partial charge < -0.3 is 10.1 Å². The standard InChI is InChI=1S/C8H13NO/c1-2-3-4-8-7-10-6-5-9-8/h8-9H,4-7H2,1H3. The zero-order chi connectivity index (χ0) is 7.23. The van der Waals surface area contributed by atoms with Crippen molar-refractivity contribution in [3.05, 3.63) is 0 Å². The van der Waals surface area contributed by atoms with Gasteiger partial charge in [-0.15, -0.1) is 11.8 Å². The van der Waals surface area contributed by atoms with E-state index in [4.69, 9.17) is 4.74 Å². The number of hydrogen-bond acceptors (Lipinski definition) is 2. The summed E-state index contributed by atoms with van der Waals surface area (Å²) in [6.07, 6.45) is 0.913. The van der Waals surface area contributed by atoms with Crippen molar-refractivity contribution < 1.29 is 4.74 Å². The van der Waals surface area contributed by atoms with E-state index in [0.717, 1.165) is 26.2 Å². The van der Waals surface area contributed by atoms with Crippen LogP contribution < -0.4 is 5.32 Å². The summed E-state index contributed by atoms with van der Waals surface area (Å²) < 4.78 is 5.25. The number of nitrogens with one attached hydrogen (secondary N) is 1. The summed E-state index contributed by atoms with van der Waals surface area (Å²) in [5.74, 6) is 5.89. The molecule has 2 nitrogen and oxygen atoms in total. The molecule has 0 saturated carbocycles. The number of ether oxygens (including phenoxy) is 1. The van der Waals surface area contributed by atoms with E-state index >= 15 is 0 Å². The third-order valence-corrected chi connectivity index (χ3v) is 1.52. The van der Waals surface area contributed by atoms with Crippen LogP contribution in [0, 0.1) is 11.8 Å². The minimum Gasteiger partial charge on any atom is -0.378 e. The fraction of sp³-hybridized carbons (Fsp3) is 0.750. The minimum absolute atomic E-state index is 0.459. The molecule has 1 unspecified atom stereocenters. The van der Waals surface area contributed by atoms with Crippen molar-refractivity contribution in [2.45, 2.75) is 19.4 Å². The molecule has 0 aromatic rings. The molecule has 0 aliphatic carbocycles. The predicted octanol–water partition coefficient (Wildman–Crippen LogP) is 0.388. The van der Waals surface area contributed by atoms with Gasteiger partial charge in [0.25, 0.3) is 0 Å². The summed E-state index contributed by atoms with van der Waals surface area (Å²) in [5, 5.41) is 3.33. The van der Waals surface area contributed by atoms with Crippen molar-refractivity contribution in [2.75, 3.05) is 19.8 Å². The Hall–Kier alpha value is -0.520. The van der Waals surface area contributed by atoms with Crippen LogP contribution in [-0.2, 0) is 4.74 Å². The molecule has 1 saturated heterocycles. The van der Waals surface area contributed by atoms with Crippen LogP contribution in [0.2, 0.25) is 0 Å². The fourth-order valence-corrected chi connectivity index (χ4v) is 0.976. The van der Waals surface area contributed by atoms with Crippen LogP contribution in [0.1, 0.15) is 13.3 Å². The molecule has 0 aromatic carbocycles. The number of morpholine rings is 1. The maximum atomic E-state index is 5.25. The van der Waals surface area contributed by atoms with Crippen molar-refractivity contribution in [2.24, 2.45) is 0 Å². The van der Waals surface area contributed by atoms with Crippen LogP contribution in [0.25, 0.3) is 0 Å². The molecule has 0 spiro atoms. The molecule has 0 amide bonds. The molecule has 1 N–H and O–H groups in total. The fourth-order valence-electron chi connectivity index (χ4n) is 0.976. The van der Waals surface area contributed by atoms with Crippen LogP contribution in [0.3, 0.4) is 0 Å². The van der Waals surface area contributed by atoms with Gasteiger partial charge in [-0.2, -0.15) is 0 Å². The molecular weight excluding hydrogens is 126 g/mol. The van der Waals surface area contributed by atoms with Gasteiger partial charge in [0.15, 0.2) is 0 Å². The lowest BCUT2D eigenvalue weighted by atomic mass is 10.2. The molecule has 0 aromatic heterocycles. The Kier molecular flexibility index (Phi) is 3.28. The van der Waals surface area contributed by atoms with Gasteiger partial charge in [-0.25, -0.2) is 0 Å². The second kappa shape index (κ2) is 4.32. The SMILES string of the molecule is CC#CCC1COCCN1. The first kappa shape index (κ1) is 7.59. The first-order chi connectivity index (χ1) is 4.93. The molecule has 1 rings (SSSR count). The van der Waals surface area contributed by atoms with E-state index in [1.165, 1.54) is 0 Å². The molecule has 0 bridgehead atoms. The third kappa shape index (κ3) is 2.38. The smallest absolute Gasteiger partial charge is 0.0629 e. The molecule has 1 fully saturated rings. The van der Waals surface area contributed by atoms with E-state index in [2.05, 4.69) is 17.2 Å². The normalized spacial score (nSPS) is 25.1. The van der Waals surface area contributed by atoms with E-state index < -0.39 is 0 Å². The minimum atomic E-state index is 0.459. The Morgan fingerprint density at radius 1 is 1.70 bits per heavy atom. The summed E-state index contributed by atoms with van der Waals surface area (Å²) in [6, 6.07) is 0.459. The van der Waals surface area contributed by atoms with Crippen LogP contribution in [0.15, 0.2) is 0 Å². The topological polar surface area (TPSA) is 21.3 Å². The predicted molar refractivity (Wildman–Crippen MR) is 40.7 cm³/mol. The first-order valence-corrected chi connectivity index (χ1v) is 3.64. The molecule has 10 heavy (non-hydrogen) atoms. The van der Waals surface area contributed by atoms with Crippen LogP contribution >= 0.6 is 0 Å². The van der Waals surface area contributed by atoms with Gasteiger partial charge >= 0.3 is 0 Å². The van der Waals surface area contributed by atoms with Gasteiger partial charge in [-0.1, -0.05) is 0 Å². The second-order valence-electron chi connectivity index (χ2n) is 2.36.